The van der Waals surface area contributed by atoms with Gasteiger partial charge in [0.1, 0.15) is 6.10 Å². The van der Waals surface area contributed by atoms with Crippen LogP contribution in [0, 0.1) is 5.92 Å². The van der Waals surface area contributed by atoms with E-state index in [0.29, 0.717) is 12.0 Å². The summed E-state index contributed by atoms with van der Waals surface area (Å²) in [6.07, 6.45) is 2.25. The molecule has 0 aromatic rings. The van der Waals surface area contributed by atoms with Crippen molar-refractivity contribution in [2.75, 3.05) is 0 Å². The first-order valence-corrected chi connectivity index (χ1v) is 3.64. The van der Waals surface area contributed by atoms with E-state index < -0.39 is 0 Å². The van der Waals surface area contributed by atoms with E-state index in [2.05, 4.69) is 24.4 Å². The second kappa shape index (κ2) is 3.01. The van der Waals surface area contributed by atoms with Gasteiger partial charge in [-0.2, -0.15) is 5.10 Å². The van der Waals surface area contributed by atoms with Gasteiger partial charge in [0.25, 0.3) is 0 Å². The maximum atomic E-state index is 5.26. The van der Waals surface area contributed by atoms with Crippen molar-refractivity contribution in [3.63, 3.8) is 0 Å². The van der Waals surface area contributed by atoms with Crippen LogP contribution in [0.1, 0.15) is 20.8 Å². The largest absolute Gasteiger partial charge is 0.346 e. The van der Waals surface area contributed by atoms with Gasteiger partial charge in [-0.15, -0.1) is 0 Å². The molecule has 0 aromatic heterocycles. The van der Waals surface area contributed by atoms with E-state index >= 15 is 0 Å². The second-order valence-electron chi connectivity index (χ2n) is 2.78. The number of hydrogen-bond acceptors (Lipinski definition) is 3. The van der Waals surface area contributed by atoms with Crippen molar-refractivity contribution >= 4 is 6.21 Å². The minimum absolute atomic E-state index is 0.163. The number of epoxide rings is 1. The van der Waals surface area contributed by atoms with E-state index in [4.69, 9.17) is 4.74 Å². The molecule has 1 N–H and O–H groups in total. The van der Waals surface area contributed by atoms with Crippen LogP contribution in [0.15, 0.2) is 5.10 Å². The molecule has 3 heteroatoms. The van der Waals surface area contributed by atoms with Crippen molar-refractivity contribution in [2.24, 2.45) is 11.0 Å². The van der Waals surface area contributed by atoms with Crippen LogP contribution in [-0.2, 0) is 4.74 Å². The molecule has 1 fully saturated rings. The van der Waals surface area contributed by atoms with Crippen LogP contribution in [0.5, 0.6) is 0 Å². The molecule has 1 aliphatic heterocycles. The molecule has 1 rings (SSSR count). The Kier molecular flexibility index (Phi) is 2.27. The minimum Gasteiger partial charge on any atom is -0.346 e. The van der Waals surface area contributed by atoms with Gasteiger partial charge in [-0.25, -0.2) is 0 Å². The van der Waals surface area contributed by atoms with E-state index in [1.807, 2.05) is 6.92 Å². The zero-order chi connectivity index (χ0) is 7.56. The fourth-order valence-corrected chi connectivity index (χ4v) is 0.883. The van der Waals surface area contributed by atoms with Crippen LogP contribution >= 0.6 is 0 Å². The Balaban J connectivity index is 2.13. The van der Waals surface area contributed by atoms with E-state index in [-0.39, 0.29) is 6.23 Å². The minimum atomic E-state index is 0.163. The maximum Gasteiger partial charge on any atom is 0.169 e. The van der Waals surface area contributed by atoms with Gasteiger partial charge in [0, 0.05) is 6.21 Å². The molecule has 1 aliphatic rings. The Morgan fingerprint density at radius 1 is 1.60 bits per heavy atom. The van der Waals surface area contributed by atoms with Gasteiger partial charge in [0.2, 0.25) is 0 Å². The quantitative estimate of drug-likeness (QED) is 0.362. The zero-order valence-electron chi connectivity index (χ0n) is 6.66. The Morgan fingerprint density at radius 3 is 2.70 bits per heavy atom. The molecule has 0 radical (unpaired) electrons. The van der Waals surface area contributed by atoms with Crippen LogP contribution < -0.4 is 5.43 Å². The molecule has 10 heavy (non-hydrogen) atoms. The molecular weight excluding hydrogens is 128 g/mol. The third-order valence-corrected chi connectivity index (χ3v) is 1.51. The number of rotatable bonds is 3. The summed E-state index contributed by atoms with van der Waals surface area (Å²) >= 11 is 0. The smallest absolute Gasteiger partial charge is 0.169 e. The van der Waals surface area contributed by atoms with Crippen molar-refractivity contribution in [2.45, 2.75) is 33.1 Å². The van der Waals surface area contributed by atoms with E-state index in [0.717, 1.165) is 0 Å². The summed E-state index contributed by atoms with van der Waals surface area (Å²) in [5, 5.41) is 3.87. The number of hydrazone groups is 1. The third-order valence-electron chi connectivity index (χ3n) is 1.51. The van der Waals surface area contributed by atoms with E-state index in [1.54, 1.807) is 6.21 Å². The number of ether oxygens (including phenoxy) is 1. The first kappa shape index (κ1) is 7.54. The van der Waals surface area contributed by atoms with Gasteiger partial charge in [0.05, 0.1) is 0 Å². The molecule has 0 spiro atoms. The summed E-state index contributed by atoms with van der Waals surface area (Å²) in [4.78, 5) is 0. The highest BCUT2D eigenvalue weighted by atomic mass is 16.6. The predicted molar refractivity (Wildman–Crippen MR) is 40.8 cm³/mol. The van der Waals surface area contributed by atoms with Crippen LogP contribution in [0.2, 0.25) is 0 Å². The first-order valence-electron chi connectivity index (χ1n) is 3.64. The predicted octanol–water partition coefficient (Wildman–Crippen LogP) is 0.963. The van der Waals surface area contributed by atoms with Crippen molar-refractivity contribution in [1.29, 1.82) is 0 Å². The Morgan fingerprint density at radius 2 is 2.30 bits per heavy atom. The fourth-order valence-electron chi connectivity index (χ4n) is 0.883. The van der Waals surface area contributed by atoms with Crippen molar-refractivity contribution in [1.82, 2.24) is 5.43 Å². The van der Waals surface area contributed by atoms with Gasteiger partial charge in [-0.1, -0.05) is 13.8 Å². The molecule has 2 unspecified atom stereocenters. The Bertz CT molecular complexity index is 134. The van der Waals surface area contributed by atoms with Gasteiger partial charge in [-0.05, 0) is 12.8 Å². The normalized spacial score (nSPS) is 31.6. The fraction of sp³-hybridized carbons (Fsp3) is 0.857. The standard InChI is InChI=1S/C7H14N2O/c1-4-8-9-7-6(10-7)5(2)3/h4-7,9H,1-3H3/b8-4+. The molecule has 1 saturated heterocycles. The molecule has 1 heterocycles. The van der Waals surface area contributed by atoms with Crippen LogP contribution in [0.3, 0.4) is 0 Å². The van der Waals surface area contributed by atoms with Gasteiger partial charge < -0.3 is 4.74 Å². The summed E-state index contributed by atoms with van der Waals surface area (Å²) in [5.41, 5.74) is 2.88. The average Bonchev–Trinajstić information content (AvgIpc) is 2.62. The Labute approximate surface area is 61.5 Å². The molecule has 0 aromatic carbocycles. The van der Waals surface area contributed by atoms with Gasteiger partial charge >= 0.3 is 0 Å². The van der Waals surface area contributed by atoms with Crippen molar-refractivity contribution < 1.29 is 4.74 Å². The van der Waals surface area contributed by atoms with Gasteiger partial charge in [0.15, 0.2) is 6.23 Å². The van der Waals surface area contributed by atoms with Gasteiger partial charge in [-0.3, -0.25) is 5.43 Å². The highest BCUT2D eigenvalue weighted by molar-refractivity contribution is 5.52. The number of nitrogens with zero attached hydrogens (tertiary/aromatic N) is 1. The topological polar surface area (TPSA) is 36.9 Å². The molecule has 0 bridgehead atoms. The van der Waals surface area contributed by atoms with Crippen LogP contribution in [0.25, 0.3) is 0 Å². The summed E-state index contributed by atoms with van der Waals surface area (Å²) < 4.78 is 5.26. The second-order valence-corrected chi connectivity index (χ2v) is 2.78. The van der Waals surface area contributed by atoms with E-state index in [1.165, 1.54) is 0 Å². The lowest BCUT2D eigenvalue weighted by Gasteiger charge is -1.95. The first-order chi connectivity index (χ1) is 4.75. The highest BCUT2D eigenvalue weighted by Crippen LogP contribution is 2.26. The molecule has 0 aliphatic carbocycles. The number of nitrogens with one attached hydrogen (secondary N) is 1. The third kappa shape index (κ3) is 1.70. The molecular formula is C7H14N2O. The average molecular weight is 142 g/mol. The molecule has 0 amide bonds. The molecule has 2 atom stereocenters. The van der Waals surface area contributed by atoms with Crippen molar-refractivity contribution in [3.05, 3.63) is 0 Å². The lowest BCUT2D eigenvalue weighted by atomic mass is 10.1. The van der Waals surface area contributed by atoms with Crippen LogP contribution in [0.4, 0.5) is 0 Å². The monoisotopic (exact) mass is 142 g/mol. The Hall–Kier alpha value is -0.570. The lowest BCUT2D eigenvalue weighted by Crippen LogP contribution is -2.15. The summed E-state index contributed by atoms with van der Waals surface area (Å²) in [6, 6.07) is 0. The van der Waals surface area contributed by atoms with Crippen molar-refractivity contribution in [3.8, 4) is 0 Å². The maximum absolute atomic E-state index is 5.26. The molecule has 0 saturated carbocycles. The molecule has 58 valence electrons. The summed E-state index contributed by atoms with van der Waals surface area (Å²) in [6.45, 7) is 6.16. The molecule has 3 nitrogen and oxygen atoms in total. The SMILES string of the molecule is C/C=N/NC1OC1C(C)C. The zero-order valence-corrected chi connectivity index (χ0v) is 6.66. The highest BCUT2D eigenvalue weighted by Gasteiger charge is 2.40. The summed E-state index contributed by atoms with van der Waals surface area (Å²) in [7, 11) is 0. The lowest BCUT2D eigenvalue weighted by molar-refractivity contribution is 0.321. The van der Waals surface area contributed by atoms with Crippen LogP contribution in [-0.4, -0.2) is 18.5 Å². The summed E-state index contributed by atoms with van der Waals surface area (Å²) in [5.74, 6) is 0.588. The number of hydrogen-bond donors (Lipinski definition) is 1. The van der Waals surface area contributed by atoms with E-state index in [9.17, 15) is 0 Å².